The van der Waals surface area contributed by atoms with Crippen LogP contribution in [0.5, 0.6) is 0 Å². The van der Waals surface area contributed by atoms with Gasteiger partial charge in [-0.25, -0.2) is 9.59 Å². The van der Waals surface area contributed by atoms with Crippen LogP contribution in [0.1, 0.15) is 6.42 Å². The van der Waals surface area contributed by atoms with E-state index in [0.717, 1.165) is 24.6 Å². The highest BCUT2D eigenvalue weighted by atomic mass is 29.3. The van der Waals surface area contributed by atoms with Crippen molar-refractivity contribution >= 4 is 27.4 Å². The van der Waals surface area contributed by atoms with Gasteiger partial charge in [0.15, 0.2) is 7.83 Å². The Morgan fingerprint density at radius 2 is 1.55 bits per heavy atom. The lowest BCUT2D eigenvalue weighted by Gasteiger charge is -2.51. The molecule has 0 bridgehead atoms. The van der Waals surface area contributed by atoms with Crippen LogP contribution in [-0.2, 0) is 23.5 Å². The fraction of sp³-hybridized carbons (Fsp3) is 0.600. The van der Waals surface area contributed by atoms with Gasteiger partial charge in [0, 0.05) is 12.2 Å². The zero-order valence-electron chi connectivity index (χ0n) is 13.9. The van der Waals surface area contributed by atoms with Crippen molar-refractivity contribution in [2.45, 2.75) is 44.3 Å². The van der Waals surface area contributed by atoms with Crippen molar-refractivity contribution in [1.29, 1.82) is 0 Å². The number of rotatable bonds is 6. The van der Waals surface area contributed by atoms with Crippen LogP contribution < -0.4 is 0 Å². The Morgan fingerprint density at radius 1 is 1.09 bits per heavy atom. The van der Waals surface area contributed by atoms with Crippen molar-refractivity contribution in [2.24, 2.45) is 0 Å². The highest BCUT2D eigenvalue weighted by Crippen LogP contribution is 2.39. The van der Waals surface area contributed by atoms with Crippen LogP contribution in [-0.4, -0.2) is 46.2 Å². The number of esters is 2. The number of hydrogen-bond donors (Lipinski definition) is 0. The smallest absolute Gasteiger partial charge is 0.330 e. The number of ether oxygens (including phenoxy) is 2. The Labute approximate surface area is 134 Å². The maximum atomic E-state index is 11.4. The van der Waals surface area contributed by atoms with E-state index in [4.69, 9.17) is 13.9 Å². The summed E-state index contributed by atoms with van der Waals surface area (Å²) < 4.78 is 16.8. The van der Waals surface area contributed by atoms with E-state index in [0.29, 0.717) is 0 Å². The van der Waals surface area contributed by atoms with E-state index >= 15 is 0 Å². The van der Waals surface area contributed by atoms with Gasteiger partial charge >= 0.3 is 11.9 Å². The highest BCUT2D eigenvalue weighted by Gasteiger charge is 2.54. The monoisotopic (exact) mass is 342 g/mol. The topological polar surface area (TPSA) is 61.8 Å². The molecule has 124 valence electrons. The van der Waals surface area contributed by atoms with Gasteiger partial charge in [0.05, 0.1) is 7.59 Å². The summed E-state index contributed by atoms with van der Waals surface area (Å²) in [5.41, 5.74) is -0.754. The van der Waals surface area contributed by atoms with Crippen LogP contribution in [0.3, 0.4) is 0 Å². The zero-order valence-corrected chi connectivity index (χ0v) is 15.9. The molecule has 0 saturated carbocycles. The predicted octanol–water partition coefficient (Wildman–Crippen LogP) is 2.60. The van der Waals surface area contributed by atoms with E-state index in [-0.39, 0.29) is 13.2 Å². The molecule has 0 radical (unpaired) electrons. The molecule has 0 N–H and O–H groups in total. The van der Waals surface area contributed by atoms with Crippen LogP contribution in [0.2, 0.25) is 32.2 Å². The lowest BCUT2D eigenvalue weighted by molar-refractivity contribution is -0.155. The first kappa shape index (κ1) is 18.9. The maximum absolute atomic E-state index is 11.4. The van der Waals surface area contributed by atoms with E-state index in [2.05, 4.69) is 39.3 Å². The summed E-state index contributed by atoms with van der Waals surface area (Å²) in [5.74, 6) is -1.00. The van der Waals surface area contributed by atoms with Gasteiger partial charge in [-0.15, -0.1) is 0 Å². The molecule has 1 saturated heterocycles. The minimum Gasteiger partial charge on any atom is -0.459 e. The van der Waals surface area contributed by atoms with Crippen molar-refractivity contribution in [2.75, 3.05) is 13.2 Å². The zero-order chi connectivity index (χ0) is 17.0. The molecular formula is C15H26O5Si2. The summed E-state index contributed by atoms with van der Waals surface area (Å²) in [5, 5.41) is 0. The second kappa shape index (κ2) is 6.93. The Kier molecular flexibility index (Phi) is 5.94. The largest absolute Gasteiger partial charge is 0.459 e. The molecule has 0 atom stereocenters. The summed E-state index contributed by atoms with van der Waals surface area (Å²) in [6.45, 7) is 16.0. The first-order chi connectivity index (χ1) is 10.1. The number of carbonyl (C=O) groups excluding carboxylic acids is 2. The van der Waals surface area contributed by atoms with E-state index < -0.39 is 33.0 Å². The summed E-state index contributed by atoms with van der Waals surface area (Å²) in [6, 6.07) is 1.06. The normalized spacial score (nSPS) is 21.5. The number of hydrogen-bond acceptors (Lipinski definition) is 5. The minimum atomic E-state index is -1.91. The fourth-order valence-corrected chi connectivity index (χ4v) is 9.26. The molecule has 0 amide bonds. The molecule has 0 aromatic carbocycles. The standard InChI is InChI=1S/C15H26O5Si2/c1-7-13(16)18-11-15(12-19-14(17)8-2)9-10-21(3,4)22(5,6)20-15/h7-8H,1-2,9-12H2,3-6H3. The van der Waals surface area contributed by atoms with Crippen molar-refractivity contribution in [3.63, 3.8) is 0 Å². The molecule has 1 rings (SSSR count). The second-order valence-electron chi connectivity index (χ2n) is 6.80. The molecule has 0 aliphatic carbocycles. The minimum absolute atomic E-state index is 0.0726. The van der Waals surface area contributed by atoms with Crippen LogP contribution in [0, 0.1) is 0 Å². The molecule has 1 heterocycles. The molecule has 0 aromatic heterocycles. The Balaban J connectivity index is 2.91. The summed E-state index contributed by atoms with van der Waals surface area (Å²) in [6.07, 6.45) is 2.96. The molecule has 7 heteroatoms. The van der Waals surface area contributed by atoms with Gasteiger partial charge in [-0.2, -0.15) is 0 Å². The molecule has 5 nitrogen and oxygen atoms in total. The lowest BCUT2D eigenvalue weighted by Crippen LogP contribution is -2.67. The Morgan fingerprint density at radius 3 is 1.91 bits per heavy atom. The average Bonchev–Trinajstić information content (AvgIpc) is 2.46. The molecule has 1 aliphatic rings. The molecular weight excluding hydrogens is 316 g/mol. The summed E-state index contributed by atoms with van der Waals surface area (Å²) in [7, 11) is -3.35. The van der Waals surface area contributed by atoms with Crippen LogP contribution in [0.4, 0.5) is 0 Å². The maximum Gasteiger partial charge on any atom is 0.330 e. The molecule has 1 aliphatic heterocycles. The quantitative estimate of drug-likeness (QED) is 0.422. The van der Waals surface area contributed by atoms with E-state index in [1.54, 1.807) is 0 Å². The Bertz CT molecular complexity index is 447. The summed E-state index contributed by atoms with van der Waals surface area (Å²) >= 11 is 0. The van der Waals surface area contributed by atoms with Crippen LogP contribution >= 0.6 is 0 Å². The highest BCUT2D eigenvalue weighted by molar-refractivity contribution is 7.38. The first-order valence-corrected chi connectivity index (χ1v) is 14.5. The summed E-state index contributed by atoms with van der Waals surface area (Å²) in [4.78, 5) is 22.8. The average molecular weight is 343 g/mol. The van der Waals surface area contributed by atoms with Crippen molar-refractivity contribution in [3.05, 3.63) is 25.3 Å². The van der Waals surface area contributed by atoms with Gasteiger partial charge in [0.25, 0.3) is 0 Å². The van der Waals surface area contributed by atoms with Crippen molar-refractivity contribution < 1.29 is 23.5 Å². The van der Waals surface area contributed by atoms with Crippen LogP contribution in [0.25, 0.3) is 0 Å². The second-order valence-corrected chi connectivity index (χ2v) is 22.0. The third kappa shape index (κ3) is 4.41. The molecule has 22 heavy (non-hydrogen) atoms. The van der Waals surface area contributed by atoms with Crippen LogP contribution in [0.15, 0.2) is 25.3 Å². The molecule has 0 spiro atoms. The fourth-order valence-electron chi connectivity index (χ4n) is 2.34. The molecule has 1 fully saturated rings. The van der Waals surface area contributed by atoms with Gasteiger partial charge in [0.1, 0.15) is 18.8 Å². The van der Waals surface area contributed by atoms with E-state index in [1.807, 2.05) is 0 Å². The van der Waals surface area contributed by atoms with Gasteiger partial charge in [-0.3, -0.25) is 0 Å². The third-order valence-corrected chi connectivity index (χ3v) is 21.1. The van der Waals surface area contributed by atoms with Gasteiger partial charge in [0.2, 0.25) is 0 Å². The van der Waals surface area contributed by atoms with Gasteiger partial charge in [-0.05, 0) is 19.5 Å². The lowest BCUT2D eigenvalue weighted by atomic mass is 10.0. The van der Waals surface area contributed by atoms with Crippen molar-refractivity contribution in [1.82, 2.24) is 0 Å². The Hall–Kier alpha value is -1.19. The van der Waals surface area contributed by atoms with Gasteiger partial charge < -0.3 is 13.9 Å². The van der Waals surface area contributed by atoms with E-state index in [9.17, 15) is 9.59 Å². The predicted molar refractivity (Wildman–Crippen MR) is 90.5 cm³/mol. The van der Waals surface area contributed by atoms with Crippen molar-refractivity contribution in [3.8, 4) is 0 Å². The van der Waals surface area contributed by atoms with Gasteiger partial charge in [-0.1, -0.05) is 32.3 Å². The SMILES string of the molecule is C=CC(=O)OCC1(COC(=O)C=C)CC[Si](C)(C)[Si](C)(C)O1. The number of carbonyl (C=O) groups is 2. The third-order valence-electron chi connectivity index (χ3n) is 4.60. The first-order valence-electron chi connectivity index (χ1n) is 7.36. The molecule has 0 aromatic rings. The van der Waals surface area contributed by atoms with E-state index in [1.165, 1.54) is 0 Å². The molecule has 0 unspecified atom stereocenters.